The number of amides is 1. The van der Waals surface area contributed by atoms with Gasteiger partial charge in [-0.05, 0) is 148 Å². The first-order valence-electron chi connectivity index (χ1n) is 20.7. The van der Waals surface area contributed by atoms with Crippen LogP contribution in [0.5, 0.6) is 0 Å². The molecule has 4 saturated carbocycles. The molecule has 8 heteroatoms. The van der Waals surface area contributed by atoms with E-state index in [0.717, 1.165) is 68.2 Å². The molecule has 2 N–H and O–H groups in total. The minimum Gasteiger partial charge on any atom is -0.481 e. The Kier molecular flexibility index (Phi) is 10.3. The molecule has 296 valence electrons. The number of hydrogen-bond acceptors (Lipinski definition) is 6. The predicted molar refractivity (Wildman–Crippen MR) is 210 cm³/mol. The van der Waals surface area contributed by atoms with Gasteiger partial charge in [-0.1, -0.05) is 60.6 Å². The highest BCUT2D eigenvalue weighted by atomic mass is 16.5. The van der Waals surface area contributed by atoms with Gasteiger partial charge in [0.2, 0.25) is 5.91 Å². The number of aromatic nitrogens is 1. The SMILES string of the molecule is Cc1ccc(C(C)NC(=O)/C=C/C23CCC4C(C)(CCC5C4(C)CCC4C(C)(C)C(OC(=O)CC(C)(C)C(=O)O)CCC45C)C2=C(C(C)C)C(=O)C3)nc1. The Morgan fingerprint density at radius 1 is 0.944 bits per heavy atom. The Morgan fingerprint density at radius 2 is 1.57 bits per heavy atom. The van der Waals surface area contributed by atoms with Gasteiger partial charge in [0.15, 0.2) is 5.78 Å². The maximum absolute atomic E-state index is 14.1. The number of aliphatic carboxylic acids is 1. The molecular formula is C46H66N2O6. The van der Waals surface area contributed by atoms with E-state index in [2.05, 4.69) is 64.8 Å². The summed E-state index contributed by atoms with van der Waals surface area (Å²) in [6, 6.07) is 3.73. The van der Waals surface area contributed by atoms with Gasteiger partial charge in [-0.15, -0.1) is 0 Å². The fourth-order valence-corrected chi connectivity index (χ4v) is 13.3. The van der Waals surface area contributed by atoms with E-state index in [1.807, 2.05) is 32.2 Å². The molecule has 0 bridgehead atoms. The summed E-state index contributed by atoms with van der Waals surface area (Å²) in [5.41, 5.74) is 2.33. The van der Waals surface area contributed by atoms with Crippen molar-refractivity contribution in [3.05, 3.63) is 52.9 Å². The smallest absolute Gasteiger partial charge is 0.309 e. The number of ketones is 1. The number of ether oxygens (including phenoxy) is 1. The van der Waals surface area contributed by atoms with Gasteiger partial charge in [0, 0.05) is 23.4 Å². The molecule has 1 aromatic rings. The van der Waals surface area contributed by atoms with Crippen LogP contribution in [0.3, 0.4) is 0 Å². The normalized spacial score (nSPS) is 36.6. The van der Waals surface area contributed by atoms with Crippen molar-refractivity contribution in [3.63, 3.8) is 0 Å². The van der Waals surface area contributed by atoms with Gasteiger partial charge in [-0.3, -0.25) is 24.2 Å². The summed E-state index contributed by atoms with van der Waals surface area (Å²) in [4.78, 5) is 56.8. The lowest BCUT2D eigenvalue weighted by atomic mass is 9.34. The van der Waals surface area contributed by atoms with Crippen LogP contribution >= 0.6 is 0 Å². The second-order valence-corrected chi connectivity index (χ2v) is 20.4. The van der Waals surface area contributed by atoms with Crippen molar-refractivity contribution in [1.82, 2.24) is 10.3 Å². The molecule has 0 radical (unpaired) electrons. The zero-order chi connectivity index (χ0) is 39.8. The van der Waals surface area contributed by atoms with E-state index in [0.29, 0.717) is 24.2 Å². The monoisotopic (exact) mass is 742 g/mol. The van der Waals surface area contributed by atoms with E-state index >= 15 is 0 Å². The average molecular weight is 743 g/mol. The Labute approximate surface area is 323 Å². The highest BCUT2D eigenvalue weighted by Gasteiger charge is 2.69. The second kappa shape index (κ2) is 13.7. The maximum Gasteiger partial charge on any atom is 0.309 e. The van der Waals surface area contributed by atoms with Crippen LogP contribution in [0.1, 0.15) is 151 Å². The summed E-state index contributed by atoms with van der Waals surface area (Å²) in [5.74, 6) is 0.0530. The van der Waals surface area contributed by atoms with E-state index in [9.17, 15) is 24.3 Å². The Bertz CT molecular complexity index is 1760. The van der Waals surface area contributed by atoms with E-state index in [-0.39, 0.29) is 57.8 Å². The van der Waals surface area contributed by atoms with E-state index in [1.165, 1.54) is 5.57 Å². The standard InChI is InChI=1S/C46H66N2O6/c1-27(2)38-31(49)24-46(23-18-36(50)48-29(4)30-13-12-28(3)26-47-30)22-16-34-44(10)19-14-32-42(7,8)35(54-37(51)25-41(5,6)40(52)53)17-21-43(32,9)33(44)15-20-45(34,11)39(38)46/h12-13,18,23,26-27,29,32-35H,14-17,19-22,24-25H2,1-11H3,(H,48,50)(H,52,53)/b23-18+. The summed E-state index contributed by atoms with van der Waals surface area (Å²) in [5, 5.41) is 12.7. The molecule has 0 aliphatic heterocycles. The van der Waals surface area contributed by atoms with Crippen LogP contribution in [0, 0.1) is 63.1 Å². The van der Waals surface area contributed by atoms with Crippen molar-refractivity contribution in [3.8, 4) is 0 Å². The molecule has 4 fully saturated rings. The van der Waals surface area contributed by atoms with Crippen molar-refractivity contribution in [2.75, 3.05) is 0 Å². The molecule has 6 rings (SSSR count). The first kappa shape index (κ1) is 40.4. The van der Waals surface area contributed by atoms with Crippen molar-refractivity contribution in [1.29, 1.82) is 0 Å². The number of carboxylic acid groups (broad SMARTS) is 1. The third-order valence-corrected chi connectivity index (χ3v) is 15.9. The number of allylic oxidation sites excluding steroid dienone is 3. The Hall–Kier alpha value is -3.29. The third-order valence-electron chi connectivity index (χ3n) is 15.9. The van der Waals surface area contributed by atoms with Gasteiger partial charge >= 0.3 is 11.9 Å². The number of rotatable bonds is 9. The maximum atomic E-state index is 14.1. The number of aryl methyl sites for hydroxylation is 1. The van der Waals surface area contributed by atoms with Crippen LogP contribution in [-0.2, 0) is 23.9 Å². The van der Waals surface area contributed by atoms with Crippen molar-refractivity contribution < 1.29 is 29.0 Å². The summed E-state index contributed by atoms with van der Waals surface area (Å²) in [6.45, 7) is 23.5. The van der Waals surface area contributed by atoms with Crippen molar-refractivity contribution in [2.45, 2.75) is 153 Å². The summed E-state index contributed by atoms with van der Waals surface area (Å²) < 4.78 is 6.16. The quantitative estimate of drug-likeness (QED) is 0.191. The largest absolute Gasteiger partial charge is 0.481 e. The molecule has 0 spiro atoms. The fourth-order valence-electron chi connectivity index (χ4n) is 13.3. The predicted octanol–water partition coefficient (Wildman–Crippen LogP) is 9.52. The molecule has 5 aliphatic rings. The number of nitrogens with one attached hydrogen (secondary N) is 1. The van der Waals surface area contributed by atoms with Crippen LogP contribution in [0.25, 0.3) is 0 Å². The zero-order valence-electron chi connectivity index (χ0n) is 34.9. The number of hydrogen-bond donors (Lipinski definition) is 2. The second-order valence-electron chi connectivity index (χ2n) is 20.4. The van der Waals surface area contributed by atoms with E-state index < -0.39 is 22.8 Å². The van der Waals surface area contributed by atoms with Gasteiger partial charge in [0.05, 0.1) is 23.6 Å². The Balaban J connectivity index is 1.26. The zero-order valence-corrected chi connectivity index (χ0v) is 34.9. The number of pyridine rings is 1. The third kappa shape index (κ3) is 6.49. The molecule has 8 nitrogen and oxygen atoms in total. The number of esters is 1. The van der Waals surface area contributed by atoms with Crippen molar-refractivity contribution >= 4 is 23.6 Å². The minimum atomic E-state index is -1.17. The number of Topliss-reactive ketones (excluding diaryl/α,β-unsaturated/α-hetero) is 1. The first-order chi connectivity index (χ1) is 25.0. The van der Waals surface area contributed by atoms with E-state index in [4.69, 9.17) is 4.74 Å². The van der Waals surface area contributed by atoms with Gasteiger partial charge in [0.25, 0.3) is 0 Å². The average Bonchev–Trinajstić information content (AvgIpc) is 3.38. The fraction of sp³-hybridized carbons (Fsp3) is 0.717. The number of nitrogens with zero attached hydrogens (tertiary/aromatic N) is 1. The topological polar surface area (TPSA) is 123 Å². The van der Waals surface area contributed by atoms with Gasteiger partial charge in [0.1, 0.15) is 6.10 Å². The highest BCUT2D eigenvalue weighted by molar-refractivity contribution is 6.01. The molecule has 1 aromatic heterocycles. The van der Waals surface area contributed by atoms with Gasteiger partial charge < -0.3 is 15.2 Å². The number of carbonyl (C=O) groups excluding carboxylic acids is 3. The lowest BCUT2D eigenvalue weighted by molar-refractivity contribution is -0.221. The number of fused-ring (bicyclic) bond motifs is 7. The molecule has 0 aromatic carbocycles. The van der Waals surface area contributed by atoms with Crippen LogP contribution in [0.15, 0.2) is 41.6 Å². The number of carboxylic acids is 1. The number of carbonyl (C=O) groups is 4. The molecule has 5 aliphatic carbocycles. The van der Waals surface area contributed by atoms with Gasteiger partial charge in [-0.25, -0.2) is 0 Å². The molecule has 1 amide bonds. The van der Waals surface area contributed by atoms with Crippen LogP contribution in [0.2, 0.25) is 0 Å². The summed E-state index contributed by atoms with van der Waals surface area (Å²) in [6.07, 6.45) is 13.5. The van der Waals surface area contributed by atoms with Crippen LogP contribution in [-0.4, -0.2) is 39.8 Å². The molecule has 54 heavy (non-hydrogen) atoms. The Morgan fingerprint density at radius 3 is 2.20 bits per heavy atom. The summed E-state index contributed by atoms with van der Waals surface area (Å²) >= 11 is 0. The first-order valence-corrected chi connectivity index (χ1v) is 20.7. The van der Waals surface area contributed by atoms with E-state index in [1.54, 1.807) is 19.9 Å². The molecule has 9 unspecified atom stereocenters. The molecule has 1 heterocycles. The van der Waals surface area contributed by atoms with Crippen molar-refractivity contribution in [2.24, 2.45) is 56.2 Å². The summed E-state index contributed by atoms with van der Waals surface area (Å²) in [7, 11) is 0. The van der Waals surface area contributed by atoms with Gasteiger partial charge in [-0.2, -0.15) is 0 Å². The minimum absolute atomic E-state index is 0.0668. The lowest BCUT2D eigenvalue weighted by Crippen LogP contribution is -2.64. The molecule has 0 saturated heterocycles. The highest BCUT2D eigenvalue weighted by Crippen LogP contribution is 2.76. The van der Waals surface area contributed by atoms with Crippen LogP contribution < -0.4 is 5.32 Å². The van der Waals surface area contributed by atoms with Crippen LogP contribution in [0.4, 0.5) is 0 Å². The lowest BCUT2D eigenvalue weighted by Gasteiger charge is -2.70. The molecule has 9 atom stereocenters. The molecular weight excluding hydrogens is 677 g/mol.